The van der Waals surface area contributed by atoms with E-state index < -0.39 is 0 Å². The number of hydrogen-bond acceptors (Lipinski definition) is 4. The molecule has 1 aliphatic carbocycles. The van der Waals surface area contributed by atoms with Crippen LogP contribution in [0.5, 0.6) is 5.88 Å². The van der Waals surface area contributed by atoms with Crippen LogP contribution in [-0.4, -0.2) is 26.4 Å². The van der Waals surface area contributed by atoms with Crippen molar-refractivity contribution in [3.63, 3.8) is 0 Å². The van der Waals surface area contributed by atoms with E-state index in [4.69, 9.17) is 4.74 Å². The number of hydrogen-bond donors (Lipinski definition) is 0. The number of pyridine rings is 2. The molecule has 1 saturated carbocycles. The van der Waals surface area contributed by atoms with Crippen molar-refractivity contribution in [3.05, 3.63) is 36.8 Å². The number of aryl methyl sites for hydroxylation is 1. The predicted molar refractivity (Wildman–Crippen MR) is 80.0 cm³/mol. The first kappa shape index (κ1) is 12.3. The smallest absolute Gasteiger partial charge is 0.222 e. The predicted octanol–water partition coefficient (Wildman–Crippen LogP) is 2.82. The van der Waals surface area contributed by atoms with Crippen LogP contribution in [0, 0.1) is 5.92 Å². The van der Waals surface area contributed by atoms with Crippen LogP contribution in [0.15, 0.2) is 36.8 Å². The van der Waals surface area contributed by atoms with Gasteiger partial charge >= 0.3 is 0 Å². The first-order valence-electron chi connectivity index (χ1n) is 7.17. The summed E-state index contributed by atoms with van der Waals surface area (Å²) in [5.41, 5.74) is 3.68. The first-order valence-corrected chi connectivity index (χ1v) is 7.17. The highest BCUT2D eigenvalue weighted by Gasteiger charge is 2.23. The molecule has 1 fully saturated rings. The fraction of sp³-hybridized carbons (Fsp3) is 0.312. The quantitative estimate of drug-likeness (QED) is 0.737. The molecule has 0 aliphatic heterocycles. The fourth-order valence-electron chi connectivity index (χ4n) is 2.34. The molecule has 0 unspecified atom stereocenters. The molecule has 4 rings (SSSR count). The minimum absolute atomic E-state index is 0.676. The minimum atomic E-state index is 0.676. The van der Waals surface area contributed by atoms with Gasteiger partial charge in [0.25, 0.3) is 0 Å². The molecule has 0 atom stereocenters. The normalized spacial score (nSPS) is 14.5. The van der Waals surface area contributed by atoms with Crippen LogP contribution >= 0.6 is 0 Å². The molecular formula is C16H16N4O. The van der Waals surface area contributed by atoms with Gasteiger partial charge in [0.15, 0.2) is 0 Å². The fourth-order valence-corrected chi connectivity index (χ4v) is 2.34. The van der Waals surface area contributed by atoms with Crippen LogP contribution in [0.1, 0.15) is 12.8 Å². The lowest BCUT2D eigenvalue weighted by Crippen LogP contribution is -2.02. The maximum Gasteiger partial charge on any atom is 0.222 e. The first-order chi connectivity index (χ1) is 10.3. The summed E-state index contributed by atoms with van der Waals surface area (Å²) in [4.78, 5) is 9.02. The van der Waals surface area contributed by atoms with Crippen molar-refractivity contribution in [1.82, 2.24) is 19.7 Å². The summed E-state index contributed by atoms with van der Waals surface area (Å²) in [6.45, 7) is 0.742. The lowest BCUT2D eigenvalue weighted by Gasteiger charge is -2.10. The largest absolute Gasteiger partial charge is 0.477 e. The Balaban J connectivity index is 1.81. The van der Waals surface area contributed by atoms with Crippen molar-refractivity contribution >= 4 is 11.0 Å². The summed E-state index contributed by atoms with van der Waals surface area (Å²) >= 11 is 0. The molecule has 0 amide bonds. The van der Waals surface area contributed by atoms with E-state index in [9.17, 15) is 0 Å². The molecule has 5 heteroatoms. The Labute approximate surface area is 122 Å². The van der Waals surface area contributed by atoms with Crippen LogP contribution < -0.4 is 4.74 Å². The van der Waals surface area contributed by atoms with Gasteiger partial charge in [0.05, 0.1) is 23.8 Å². The van der Waals surface area contributed by atoms with E-state index in [2.05, 4.69) is 15.1 Å². The van der Waals surface area contributed by atoms with Crippen molar-refractivity contribution in [2.75, 3.05) is 6.61 Å². The average molecular weight is 280 g/mol. The van der Waals surface area contributed by atoms with Gasteiger partial charge in [0.2, 0.25) is 5.88 Å². The second-order valence-electron chi connectivity index (χ2n) is 5.54. The van der Waals surface area contributed by atoms with Crippen LogP contribution in [0.3, 0.4) is 0 Å². The highest BCUT2D eigenvalue weighted by Crippen LogP contribution is 2.34. The number of ether oxygens (including phenoxy) is 1. The third-order valence-electron chi connectivity index (χ3n) is 3.72. The topological polar surface area (TPSA) is 52.8 Å². The Morgan fingerprint density at radius 3 is 3.00 bits per heavy atom. The van der Waals surface area contributed by atoms with E-state index in [0.717, 1.165) is 28.8 Å². The summed E-state index contributed by atoms with van der Waals surface area (Å²) in [6.07, 6.45) is 8.10. The zero-order chi connectivity index (χ0) is 14.2. The molecule has 3 aromatic heterocycles. The maximum atomic E-state index is 5.96. The van der Waals surface area contributed by atoms with Crippen LogP contribution in [0.25, 0.3) is 22.2 Å². The number of rotatable bonds is 4. The molecular weight excluding hydrogens is 264 g/mol. The van der Waals surface area contributed by atoms with Gasteiger partial charge in [-0.25, -0.2) is 4.98 Å². The Hall–Kier alpha value is -2.43. The Morgan fingerprint density at radius 2 is 2.24 bits per heavy atom. The summed E-state index contributed by atoms with van der Waals surface area (Å²) in [7, 11) is 1.90. The molecule has 3 heterocycles. The minimum Gasteiger partial charge on any atom is -0.477 e. The summed E-state index contributed by atoms with van der Waals surface area (Å²) in [6, 6.07) is 5.88. The van der Waals surface area contributed by atoms with Gasteiger partial charge < -0.3 is 4.74 Å². The van der Waals surface area contributed by atoms with E-state index in [-0.39, 0.29) is 0 Å². The second-order valence-corrected chi connectivity index (χ2v) is 5.54. The standard InChI is InChI=1S/C16H16N4O/c1-20-9-12(8-18-20)13-7-15-14(3-2-6-17-15)19-16(13)21-10-11-4-5-11/h2-3,6-9,11H,4-5,10H2,1H3. The van der Waals surface area contributed by atoms with E-state index in [0.29, 0.717) is 11.8 Å². The average Bonchev–Trinajstić information content (AvgIpc) is 3.24. The molecule has 0 saturated heterocycles. The number of nitrogens with zero attached hydrogens (tertiary/aromatic N) is 4. The van der Waals surface area contributed by atoms with Crippen molar-refractivity contribution in [2.24, 2.45) is 13.0 Å². The Morgan fingerprint density at radius 1 is 1.33 bits per heavy atom. The van der Waals surface area contributed by atoms with Crippen molar-refractivity contribution in [3.8, 4) is 17.0 Å². The molecule has 0 N–H and O–H groups in total. The van der Waals surface area contributed by atoms with Gasteiger partial charge in [0, 0.05) is 30.6 Å². The van der Waals surface area contributed by atoms with Gasteiger partial charge in [-0.1, -0.05) is 0 Å². The number of fused-ring (bicyclic) bond motifs is 1. The van der Waals surface area contributed by atoms with Gasteiger partial charge in [-0.15, -0.1) is 0 Å². The Bertz CT molecular complexity index is 792. The van der Waals surface area contributed by atoms with Crippen LogP contribution in [0.4, 0.5) is 0 Å². The summed E-state index contributed by atoms with van der Waals surface area (Å²) in [5, 5.41) is 4.23. The highest BCUT2D eigenvalue weighted by molar-refractivity contribution is 5.82. The third-order valence-corrected chi connectivity index (χ3v) is 3.72. The van der Waals surface area contributed by atoms with Crippen LogP contribution in [-0.2, 0) is 7.05 Å². The zero-order valence-corrected chi connectivity index (χ0v) is 11.9. The number of aromatic nitrogens is 4. The van der Waals surface area contributed by atoms with Gasteiger partial charge in [-0.3, -0.25) is 9.67 Å². The van der Waals surface area contributed by atoms with Crippen molar-refractivity contribution in [2.45, 2.75) is 12.8 Å². The van der Waals surface area contributed by atoms with E-state index in [1.807, 2.05) is 37.6 Å². The zero-order valence-electron chi connectivity index (χ0n) is 11.9. The van der Waals surface area contributed by atoms with E-state index in [1.165, 1.54) is 12.8 Å². The lowest BCUT2D eigenvalue weighted by molar-refractivity contribution is 0.291. The molecule has 106 valence electrons. The van der Waals surface area contributed by atoms with E-state index in [1.54, 1.807) is 10.9 Å². The van der Waals surface area contributed by atoms with Crippen LogP contribution in [0.2, 0.25) is 0 Å². The molecule has 0 spiro atoms. The molecule has 0 radical (unpaired) electrons. The molecule has 0 bridgehead atoms. The molecule has 5 nitrogen and oxygen atoms in total. The second kappa shape index (κ2) is 4.84. The molecule has 3 aromatic rings. The van der Waals surface area contributed by atoms with Gasteiger partial charge in [-0.2, -0.15) is 5.10 Å². The summed E-state index contributed by atoms with van der Waals surface area (Å²) in [5.74, 6) is 1.37. The molecule has 0 aromatic carbocycles. The molecule has 21 heavy (non-hydrogen) atoms. The molecule has 1 aliphatic rings. The SMILES string of the molecule is Cn1cc(-c2cc3ncccc3nc2OCC2CC2)cn1. The lowest BCUT2D eigenvalue weighted by atomic mass is 10.1. The van der Waals surface area contributed by atoms with Gasteiger partial charge in [0.1, 0.15) is 0 Å². The summed E-state index contributed by atoms with van der Waals surface area (Å²) < 4.78 is 7.74. The van der Waals surface area contributed by atoms with E-state index >= 15 is 0 Å². The van der Waals surface area contributed by atoms with Crippen molar-refractivity contribution < 1.29 is 4.74 Å². The Kier molecular flexibility index (Phi) is 2.84. The highest BCUT2D eigenvalue weighted by atomic mass is 16.5. The van der Waals surface area contributed by atoms with Crippen molar-refractivity contribution in [1.29, 1.82) is 0 Å². The maximum absolute atomic E-state index is 5.96. The third kappa shape index (κ3) is 2.46. The van der Waals surface area contributed by atoms with Gasteiger partial charge in [-0.05, 0) is 37.0 Å². The monoisotopic (exact) mass is 280 g/mol.